The highest BCUT2D eigenvalue weighted by Gasteiger charge is 2.16. The normalized spacial score (nSPS) is 21.6. The van der Waals surface area contributed by atoms with E-state index in [0.717, 1.165) is 26.2 Å². The lowest BCUT2D eigenvalue weighted by Gasteiger charge is -2.29. The number of benzene rings is 1. The summed E-state index contributed by atoms with van der Waals surface area (Å²) in [6, 6.07) is 10.1. The molecule has 1 aliphatic heterocycles. The zero-order valence-electron chi connectivity index (χ0n) is 10.3. The Morgan fingerprint density at radius 3 is 3.00 bits per heavy atom. The monoisotopic (exact) mass is 236 g/mol. The van der Waals surface area contributed by atoms with E-state index < -0.39 is 0 Å². The van der Waals surface area contributed by atoms with E-state index in [0.29, 0.717) is 6.61 Å². The molecule has 4 nitrogen and oxygen atoms in total. The van der Waals surface area contributed by atoms with Crippen molar-refractivity contribution >= 4 is 0 Å². The topological polar surface area (TPSA) is 33.7 Å². The van der Waals surface area contributed by atoms with Crippen LogP contribution in [0.2, 0.25) is 0 Å². The molecule has 0 aliphatic carbocycles. The molecule has 1 saturated heterocycles. The van der Waals surface area contributed by atoms with Gasteiger partial charge in [0.2, 0.25) is 0 Å². The molecule has 0 saturated carbocycles. The van der Waals surface area contributed by atoms with Crippen LogP contribution in [-0.4, -0.2) is 44.3 Å². The molecule has 0 radical (unpaired) electrons. The lowest BCUT2D eigenvalue weighted by Crippen LogP contribution is -2.44. The number of likely N-dealkylation sites (N-methyl/N-ethyl adjacent to an activating group) is 1. The maximum Gasteiger partial charge on any atom is 0.0933 e. The largest absolute Gasteiger partial charge is 0.374 e. The van der Waals surface area contributed by atoms with Crippen LogP contribution in [0.3, 0.4) is 0 Å². The molecular formula is C13H20N2O2. The quantitative estimate of drug-likeness (QED) is 0.612. The van der Waals surface area contributed by atoms with E-state index in [1.165, 1.54) is 5.56 Å². The van der Waals surface area contributed by atoms with E-state index in [-0.39, 0.29) is 6.10 Å². The second-order valence-corrected chi connectivity index (χ2v) is 4.38. The van der Waals surface area contributed by atoms with E-state index in [2.05, 4.69) is 17.4 Å². The van der Waals surface area contributed by atoms with Gasteiger partial charge in [-0.3, -0.25) is 4.84 Å². The lowest BCUT2D eigenvalue weighted by molar-refractivity contribution is -0.0545. The first-order valence-electron chi connectivity index (χ1n) is 6.03. The summed E-state index contributed by atoms with van der Waals surface area (Å²) in [5.74, 6) is 0. The van der Waals surface area contributed by atoms with E-state index in [1.807, 2.05) is 30.3 Å². The fourth-order valence-corrected chi connectivity index (χ4v) is 1.85. The second-order valence-electron chi connectivity index (χ2n) is 4.38. The molecule has 1 heterocycles. The van der Waals surface area contributed by atoms with Gasteiger partial charge >= 0.3 is 0 Å². The molecule has 1 fully saturated rings. The smallest absolute Gasteiger partial charge is 0.0933 e. The Morgan fingerprint density at radius 2 is 2.24 bits per heavy atom. The van der Waals surface area contributed by atoms with Crippen LogP contribution in [0, 0.1) is 0 Å². The van der Waals surface area contributed by atoms with Gasteiger partial charge in [-0.25, -0.2) is 0 Å². The summed E-state index contributed by atoms with van der Waals surface area (Å²) in [6.07, 6.45) is 0.226. The number of nitrogens with zero attached hydrogens (tertiary/aromatic N) is 1. The molecule has 1 N–H and O–H groups in total. The highest BCUT2D eigenvalue weighted by Crippen LogP contribution is 2.02. The molecule has 2 rings (SSSR count). The Bertz CT molecular complexity index is 318. The summed E-state index contributed by atoms with van der Waals surface area (Å²) >= 11 is 0. The van der Waals surface area contributed by atoms with Crippen LogP contribution < -0.4 is 5.48 Å². The molecule has 94 valence electrons. The zero-order valence-corrected chi connectivity index (χ0v) is 10.3. The predicted octanol–water partition coefficient (Wildman–Crippen LogP) is 1.04. The maximum atomic E-state index is 5.62. The minimum Gasteiger partial charge on any atom is -0.374 e. The Morgan fingerprint density at radius 1 is 1.41 bits per heavy atom. The molecule has 0 aromatic heterocycles. The minimum atomic E-state index is 0.226. The highest BCUT2D eigenvalue weighted by molar-refractivity contribution is 5.13. The van der Waals surface area contributed by atoms with Crippen molar-refractivity contribution in [3.05, 3.63) is 35.9 Å². The summed E-state index contributed by atoms with van der Waals surface area (Å²) in [7, 11) is 2.11. The molecule has 4 heteroatoms. The van der Waals surface area contributed by atoms with Crippen LogP contribution in [-0.2, 0) is 16.2 Å². The van der Waals surface area contributed by atoms with Gasteiger partial charge in [-0.05, 0) is 12.6 Å². The van der Waals surface area contributed by atoms with Crippen molar-refractivity contribution in [1.82, 2.24) is 10.4 Å². The van der Waals surface area contributed by atoms with Gasteiger partial charge in [-0.15, -0.1) is 0 Å². The number of hydroxylamine groups is 1. The van der Waals surface area contributed by atoms with Gasteiger partial charge in [0, 0.05) is 19.6 Å². The number of hydrogen-bond acceptors (Lipinski definition) is 4. The summed E-state index contributed by atoms with van der Waals surface area (Å²) in [5.41, 5.74) is 4.14. The van der Waals surface area contributed by atoms with Crippen molar-refractivity contribution in [1.29, 1.82) is 0 Å². The van der Waals surface area contributed by atoms with Gasteiger partial charge < -0.3 is 9.64 Å². The van der Waals surface area contributed by atoms with E-state index in [4.69, 9.17) is 9.57 Å². The van der Waals surface area contributed by atoms with Gasteiger partial charge in [-0.2, -0.15) is 5.48 Å². The van der Waals surface area contributed by atoms with Crippen LogP contribution in [0.15, 0.2) is 30.3 Å². The summed E-state index contributed by atoms with van der Waals surface area (Å²) in [4.78, 5) is 7.68. The van der Waals surface area contributed by atoms with Crippen LogP contribution in [0.4, 0.5) is 0 Å². The number of nitrogens with one attached hydrogen (secondary N) is 1. The van der Waals surface area contributed by atoms with E-state index in [9.17, 15) is 0 Å². The predicted molar refractivity (Wildman–Crippen MR) is 66.5 cm³/mol. The number of rotatable bonds is 5. The Balaban J connectivity index is 1.60. The molecule has 1 atom stereocenters. The van der Waals surface area contributed by atoms with E-state index >= 15 is 0 Å². The van der Waals surface area contributed by atoms with Crippen LogP contribution >= 0.6 is 0 Å². The number of hydrogen-bond donors (Lipinski definition) is 1. The van der Waals surface area contributed by atoms with Gasteiger partial charge in [0.05, 0.1) is 19.3 Å². The fourth-order valence-electron chi connectivity index (χ4n) is 1.85. The molecule has 1 aliphatic rings. The standard InChI is InChI=1S/C13H20N2O2/c1-15-7-8-16-13(10-15)9-14-17-11-12-5-3-2-4-6-12/h2-6,13-14H,7-11H2,1H3. The molecule has 0 spiro atoms. The molecule has 1 unspecified atom stereocenters. The third-order valence-electron chi connectivity index (χ3n) is 2.84. The average Bonchev–Trinajstić information content (AvgIpc) is 2.36. The number of morpholine rings is 1. The van der Waals surface area contributed by atoms with Gasteiger partial charge in [-0.1, -0.05) is 30.3 Å². The average molecular weight is 236 g/mol. The van der Waals surface area contributed by atoms with Crippen molar-refractivity contribution in [2.24, 2.45) is 0 Å². The first-order valence-corrected chi connectivity index (χ1v) is 6.03. The summed E-state index contributed by atoms with van der Waals surface area (Å²) < 4.78 is 5.62. The Kier molecular flexibility index (Phi) is 4.94. The number of ether oxygens (including phenoxy) is 1. The maximum absolute atomic E-state index is 5.62. The molecular weight excluding hydrogens is 216 g/mol. The Hall–Kier alpha value is -0.940. The van der Waals surface area contributed by atoms with Crippen LogP contribution in [0.5, 0.6) is 0 Å². The van der Waals surface area contributed by atoms with Crippen molar-refractivity contribution in [2.75, 3.05) is 33.3 Å². The lowest BCUT2D eigenvalue weighted by atomic mass is 10.2. The molecule has 0 bridgehead atoms. The second kappa shape index (κ2) is 6.71. The van der Waals surface area contributed by atoms with E-state index in [1.54, 1.807) is 0 Å². The SMILES string of the molecule is CN1CCOC(CNOCc2ccccc2)C1. The first kappa shape index (κ1) is 12.5. The fraction of sp³-hybridized carbons (Fsp3) is 0.538. The van der Waals surface area contributed by atoms with Crippen molar-refractivity contribution in [2.45, 2.75) is 12.7 Å². The van der Waals surface area contributed by atoms with Gasteiger partial charge in [0.15, 0.2) is 0 Å². The summed E-state index contributed by atoms with van der Waals surface area (Å²) in [5, 5.41) is 0. The molecule has 17 heavy (non-hydrogen) atoms. The first-order chi connectivity index (χ1) is 8.34. The summed E-state index contributed by atoms with van der Waals surface area (Å²) in [6.45, 7) is 4.10. The molecule has 1 aromatic rings. The van der Waals surface area contributed by atoms with Crippen LogP contribution in [0.1, 0.15) is 5.56 Å². The molecule has 0 amide bonds. The molecule has 1 aromatic carbocycles. The van der Waals surface area contributed by atoms with Crippen LogP contribution in [0.25, 0.3) is 0 Å². The van der Waals surface area contributed by atoms with Crippen molar-refractivity contribution < 1.29 is 9.57 Å². The van der Waals surface area contributed by atoms with Gasteiger partial charge in [0.25, 0.3) is 0 Å². The van der Waals surface area contributed by atoms with Crippen molar-refractivity contribution in [3.8, 4) is 0 Å². The third kappa shape index (κ3) is 4.44. The van der Waals surface area contributed by atoms with Gasteiger partial charge in [0.1, 0.15) is 0 Å². The Labute approximate surface area is 102 Å². The third-order valence-corrected chi connectivity index (χ3v) is 2.84. The zero-order chi connectivity index (χ0) is 11.9. The van der Waals surface area contributed by atoms with Crippen molar-refractivity contribution in [3.63, 3.8) is 0 Å². The highest BCUT2D eigenvalue weighted by atomic mass is 16.6. The minimum absolute atomic E-state index is 0.226.